The fourth-order valence-corrected chi connectivity index (χ4v) is 2.26. The van der Waals surface area contributed by atoms with Gasteiger partial charge in [0.2, 0.25) is 0 Å². The highest BCUT2D eigenvalue weighted by Gasteiger charge is 2.14. The molecule has 0 amide bonds. The predicted molar refractivity (Wildman–Crippen MR) is 75.5 cm³/mol. The zero-order chi connectivity index (χ0) is 14.7. The van der Waals surface area contributed by atoms with Crippen molar-refractivity contribution in [1.29, 1.82) is 0 Å². The second kappa shape index (κ2) is 6.33. The molecule has 0 unspecified atom stereocenters. The summed E-state index contributed by atoms with van der Waals surface area (Å²) in [6, 6.07) is 7.78. The fraction of sp³-hybridized carbons (Fsp3) is 0.200. The van der Waals surface area contributed by atoms with Gasteiger partial charge in [-0.15, -0.1) is 0 Å². The Morgan fingerprint density at radius 2 is 1.95 bits per heavy atom. The lowest BCUT2D eigenvalue weighted by Crippen LogP contribution is -2.05. The SMILES string of the molecule is Cc1cccc(CO)c1OCc1c(F)ccc(Br)c1F. The van der Waals surface area contributed by atoms with Gasteiger partial charge in [-0.05, 0) is 40.5 Å². The molecule has 0 bridgehead atoms. The predicted octanol–water partition coefficient (Wildman–Crippen LogP) is 4.11. The van der Waals surface area contributed by atoms with E-state index in [4.69, 9.17) is 4.74 Å². The minimum atomic E-state index is -0.677. The van der Waals surface area contributed by atoms with Crippen molar-refractivity contribution in [1.82, 2.24) is 0 Å². The van der Waals surface area contributed by atoms with Crippen LogP contribution in [-0.4, -0.2) is 5.11 Å². The van der Waals surface area contributed by atoms with E-state index in [1.54, 1.807) is 12.1 Å². The van der Waals surface area contributed by atoms with E-state index >= 15 is 0 Å². The van der Waals surface area contributed by atoms with Crippen molar-refractivity contribution in [2.24, 2.45) is 0 Å². The number of para-hydroxylation sites is 1. The van der Waals surface area contributed by atoms with Crippen LogP contribution in [0, 0.1) is 18.6 Å². The molecule has 0 radical (unpaired) electrons. The Kier molecular flexibility index (Phi) is 4.73. The third-order valence-electron chi connectivity index (χ3n) is 2.96. The molecule has 0 fully saturated rings. The Labute approximate surface area is 124 Å². The summed E-state index contributed by atoms with van der Waals surface area (Å²) in [5.74, 6) is -0.886. The molecule has 2 aromatic carbocycles. The van der Waals surface area contributed by atoms with Gasteiger partial charge in [0.25, 0.3) is 0 Å². The molecule has 1 N–H and O–H groups in total. The van der Waals surface area contributed by atoms with Crippen molar-refractivity contribution >= 4 is 15.9 Å². The van der Waals surface area contributed by atoms with Crippen molar-refractivity contribution in [3.63, 3.8) is 0 Å². The minimum absolute atomic E-state index is 0.147. The third kappa shape index (κ3) is 2.99. The largest absolute Gasteiger partial charge is 0.488 e. The Bertz CT molecular complexity index is 630. The summed E-state index contributed by atoms with van der Waals surface area (Å²) in [5.41, 5.74) is 1.24. The highest BCUT2D eigenvalue weighted by molar-refractivity contribution is 9.10. The van der Waals surface area contributed by atoms with Gasteiger partial charge in [0.1, 0.15) is 24.0 Å². The average Bonchev–Trinajstić information content (AvgIpc) is 2.44. The number of hydrogen-bond acceptors (Lipinski definition) is 2. The summed E-state index contributed by atoms with van der Waals surface area (Å²) in [6.45, 7) is 1.37. The van der Waals surface area contributed by atoms with Crippen LogP contribution in [0.1, 0.15) is 16.7 Å². The number of aliphatic hydroxyl groups is 1. The standard InChI is InChI=1S/C15H13BrF2O2/c1-9-3-2-4-10(7-19)15(9)20-8-11-13(17)6-5-12(16)14(11)18/h2-6,19H,7-8H2,1H3. The zero-order valence-corrected chi connectivity index (χ0v) is 12.4. The van der Waals surface area contributed by atoms with Crippen LogP contribution in [0.15, 0.2) is 34.8 Å². The van der Waals surface area contributed by atoms with Crippen LogP contribution in [0.25, 0.3) is 0 Å². The van der Waals surface area contributed by atoms with E-state index < -0.39 is 11.6 Å². The molecule has 2 nitrogen and oxygen atoms in total. The minimum Gasteiger partial charge on any atom is -0.488 e. The summed E-state index contributed by atoms with van der Waals surface area (Å²) in [4.78, 5) is 0. The number of hydrogen-bond donors (Lipinski definition) is 1. The van der Waals surface area contributed by atoms with Crippen molar-refractivity contribution in [3.8, 4) is 5.75 Å². The zero-order valence-electron chi connectivity index (χ0n) is 10.8. The third-order valence-corrected chi connectivity index (χ3v) is 3.58. The lowest BCUT2D eigenvalue weighted by atomic mass is 10.1. The molecule has 0 saturated heterocycles. The number of benzene rings is 2. The normalized spacial score (nSPS) is 10.7. The van der Waals surface area contributed by atoms with Gasteiger partial charge in [0.15, 0.2) is 0 Å². The molecule has 0 heterocycles. The first kappa shape index (κ1) is 14.9. The van der Waals surface area contributed by atoms with Crippen LogP contribution in [-0.2, 0) is 13.2 Å². The first-order valence-corrected chi connectivity index (χ1v) is 6.78. The summed E-state index contributed by atoms with van der Waals surface area (Å²) in [5, 5.41) is 9.26. The van der Waals surface area contributed by atoms with Crippen LogP contribution in [0.4, 0.5) is 8.78 Å². The summed E-state index contributed by atoms with van der Waals surface area (Å²) in [6.07, 6.45) is 0. The Balaban J connectivity index is 2.28. The molecular weight excluding hydrogens is 330 g/mol. The van der Waals surface area contributed by atoms with Crippen molar-refractivity contribution in [3.05, 3.63) is 63.1 Å². The molecule has 0 aliphatic heterocycles. The van der Waals surface area contributed by atoms with E-state index in [9.17, 15) is 13.9 Å². The molecule has 0 aromatic heterocycles. The molecule has 5 heteroatoms. The average molecular weight is 343 g/mol. The molecule has 2 rings (SSSR count). The Hall–Kier alpha value is -1.46. The van der Waals surface area contributed by atoms with Gasteiger partial charge in [0.05, 0.1) is 16.6 Å². The van der Waals surface area contributed by atoms with Gasteiger partial charge < -0.3 is 9.84 Å². The number of halogens is 3. The molecule has 106 valence electrons. The smallest absolute Gasteiger partial charge is 0.146 e. The van der Waals surface area contributed by atoms with Gasteiger partial charge in [-0.25, -0.2) is 8.78 Å². The second-order valence-electron chi connectivity index (χ2n) is 4.33. The van der Waals surface area contributed by atoms with Crippen molar-refractivity contribution < 1.29 is 18.6 Å². The monoisotopic (exact) mass is 342 g/mol. The van der Waals surface area contributed by atoms with E-state index in [1.807, 2.05) is 13.0 Å². The Morgan fingerprint density at radius 3 is 2.65 bits per heavy atom. The molecule has 2 aromatic rings. The highest BCUT2D eigenvalue weighted by Crippen LogP contribution is 2.27. The first-order chi connectivity index (χ1) is 9.54. The van der Waals surface area contributed by atoms with Gasteiger partial charge in [0, 0.05) is 5.56 Å². The van der Waals surface area contributed by atoms with Crippen LogP contribution in [0.5, 0.6) is 5.75 Å². The number of ether oxygens (including phenoxy) is 1. The first-order valence-electron chi connectivity index (χ1n) is 5.99. The van der Waals surface area contributed by atoms with E-state index in [2.05, 4.69) is 15.9 Å². The second-order valence-corrected chi connectivity index (χ2v) is 5.19. The maximum Gasteiger partial charge on any atom is 0.146 e. The summed E-state index contributed by atoms with van der Waals surface area (Å²) < 4.78 is 33.1. The molecule has 0 saturated carbocycles. The fourth-order valence-electron chi connectivity index (χ4n) is 1.89. The lowest BCUT2D eigenvalue weighted by molar-refractivity contribution is 0.254. The van der Waals surface area contributed by atoms with Crippen LogP contribution < -0.4 is 4.74 Å². The van der Waals surface area contributed by atoms with E-state index in [0.29, 0.717) is 11.3 Å². The number of rotatable bonds is 4. The summed E-state index contributed by atoms with van der Waals surface area (Å²) in [7, 11) is 0. The van der Waals surface area contributed by atoms with E-state index in [1.165, 1.54) is 12.1 Å². The molecule has 20 heavy (non-hydrogen) atoms. The maximum atomic E-state index is 13.8. The lowest BCUT2D eigenvalue weighted by Gasteiger charge is -2.14. The van der Waals surface area contributed by atoms with Crippen molar-refractivity contribution in [2.75, 3.05) is 0 Å². The quantitative estimate of drug-likeness (QED) is 0.847. The van der Waals surface area contributed by atoms with Crippen molar-refractivity contribution in [2.45, 2.75) is 20.1 Å². The highest BCUT2D eigenvalue weighted by atomic mass is 79.9. The van der Waals surface area contributed by atoms with E-state index in [0.717, 1.165) is 5.56 Å². The van der Waals surface area contributed by atoms with Gasteiger partial charge in [-0.3, -0.25) is 0 Å². The number of aliphatic hydroxyl groups excluding tert-OH is 1. The molecular formula is C15H13BrF2O2. The maximum absolute atomic E-state index is 13.8. The van der Waals surface area contributed by atoms with Gasteiger partial charge in [-0.2, -0.15) is 0 Å². The molecule has 0 aliphatic rings. The Morgan fingerprint density at radius 1 is 1.20 bits per heavy atom. The molecule has 0 aliphatic carbocycles. The summed E-state index contributed by atoms with van der Waals surface area (Å²) >= 11 is 3.01. The molecule has 0 atom stereocenters. The number of aryl methyl sites for hydroxylation is 1. The van der Waals surface area contributed by atoms with Crippen LogP contribution in [0.3, 0.4) is 0 Å². The topological polar surface area (TPSA) is 29.5 Å². The van der Waals surface area contributed by atoms with Crippen LogP contribution >= 0.6 is 15.9 Å². The van der Waals surface area contributed by atoms with Crippen LogP contribution in [0.2, 0.25) is 0 Å². The van der Waals surface area contributed by atoms with Gasteiger partial charge >= 0.3 is 0 Å². The van der Waals surface area contributed by atoms with Gasteiger partial charge in [-0.1, -0.05) is 18.2 Å². The molecule has 0 spiro atoms. The van der Waals surface area contributed by atoms with E-state index in [-0.39, 0.29) is 23.2 Å².